The van der Waals surface area contributed by atoms with Crippen molar-refractivity contribution in [2.24, 2.45) is 0 Å². The van der Waals surface area contributed by atoms with Crippen LogP contribution in [0.15, 0.2) is 75.1 Å². The number of hydrogen-bond acceptors (Lipinski definition) is 1. The SMILES string of the molecule is C/C=C\C1=C(C)Oc2ccccc2[S+]1C(/C=C\CC)=C/C. The Balaban J connectivity index is 2.59. The Kier molecular flexibility index (Phi) is 5.51. The van der Waals surface area contributed by atoms with Crippen LogP contribution in [-0.4, -0.2) is 0 Å². The summed E-state index contributed by atoms with van der Waals surface area (Å²) in [4.78, 5) is 3.88. The van der Waals surface area contributed by atoms with Crippen molar-refractivity contribution >= 4 is 10.9 Å². The highest BCUT2D eigenvalue weighted by molar-refractivity contribution is 8.04. The van der Waals surface area contributed by atoms with Gasteiger partial charge >= 0.3 is 0 Å². The van der Waals surface area contributed by atoms with Gasteiger partial charge in [-0.25, -0.2) is 0 Å². The molecular formula is C19H23OS+. The van der Waals surface area contributed by atoms with Gasteiger partial charge in [0.1, 0.15) is 10.9 Å². The van der Waals surface area contributed by atoms with E-state index in [9.17, 15) is 0 Å². The summed E-state index contributed by atoms with van der Waals surface area (Å²) < 4.78 is 6.01. The van der Waals surface area contributed by atoms with Crippen molar-refractivity contribution in [3.05, 3.63) is 70.2 Å². The Morgan fingerprint density at radius 3 is 2.67 bits per heavy atom. The van der Waals surface area contributed by atoms with Crippen LogP contribution < -0.4 is 4.74 Å². The molecule has 1 aromatic rings. The zero-order chi connectivity index (χ0) is 15.2. The first-order valence-electron chi connectivity index (χ1n) is 7.40. The van der Waals surface area contributed by atoms with Gasteiger partial charge in [-0.3, -0.25) is 0 Å². The lowest BCUT2D eigenvalue weighted by Gasteiger charge is -2.20. The highest BCUT2D eigenvalue weighted by atomic mass is 32.2. The van der Waals surface area contributed by atoms with Crippen molar-refractivity contribution < 1.29 is 4.74 Å². The monoisotopic (exact) mass is 299 g/mol. The van der Waals surface area contributed by atoms with Crippen LogP contribution in [0.4, 0.5) is 0 Å². The summed E-state index contributed by atoms with van der Waals surface area (Å²) in [7, 11) is -0.0845. The van der Waals surface area contributed by atoms with E-state index in [0.717, 1.165) is 17.9 Å². The van der Waals surface area contributed by atoms with Gasteiger partial charge < -0.3 is 4.74 Å². The number of fused-ring (bicyclic) bond motifs is 1. The Bertz CT molecular complexity index is 620. The van der Waals surface area contributed by atoms with Gasteiger partial charge in [-0.05, 0) is 57.6 Å². The minimum atomic E-state index is -0.0845. The minimum absolute atomic E-state index is 0.0845. The fourth-order valence-corrected chi connectivity index (χ4v) is 4.63. The van der Waals surface area contributed by atoms with Gasteiger partial charge in [0, 0.05) is 0 Å². The Labute approximate surface area is 131 Å². The average Bonchev–Trinajstić information content (AvgIpc) is 2.50. The molecule has 1 unspecified atom stereocenters. The van der Waals surface area contributed by atoms with Gasteiger partial charge in [-0.15, -0.1) is 0 Å². The Hall–Kier alpha value is -1.67. The van der Waals surface area contributed by atoms with E-state index in [1.54, 1.807) is 0 Å². The third-order valence-corrected chi connectivity index (χ3v) is 5.74. The summed E-state index contributed by atoms with van der Waals surface area (Å²) in [5, 5.41) is 0. The van der Waals surface area contributed by atoms with E-state index in [1.807, 2.05) is 6.07 Å². The van der Waals surface area contributed by atoms with Crippen LogP contribution in [0.25, 0.3) is 0 Å². The van der Waals surface area contributed by atoms with E-state index in [1.165, 1.54) is 14.7 Å². The molecule has 0 saturated heterocycles. The van der Waals surface area contributed by atoms with Crippen molar-refractivity contribution in [2.75, 3.05) is 0 Å². The lowest BCUT2D eigenvalue weighted by atomic mass is 10.3. The second kappa shape index (κ2) is 7.37. The molecule has 2 heteroatoms. The van der Waals surface area contributed by atoms with Gasteiger partial charge in [0.2, 0.25) is 9.80 Å². The molecule has 0 amide bonds. The highest BCUT2D eigenvalue weighted by Gasteiger charge is 2.39. The Morgan fingerprint density at radius 1 is 1.24 bits per heavy atom. The van der Waals surface area contributed by atoms with Gasteiger partial charge in [0.25, 0.3) is 0 Å². The molecule has 2 rings (SSSR count). The van der Waals surface area contributed by atoms with Crippen molar-refractivity contribution in [1.82, 2.24) is 0 Å². The lowest BCUT2D eigenvalue weighted by molar-refractivity contribution is 0.412. The minimum Gasteiger partial charge on any atom is -0.451 e. The van der Waals surface area contributed by atoms with Crippen LogP contribution in [0.3, 0.4) is 0 Å². The van der Waals surface area contributed by atoms with Crippen molar-refractivity contribution in [3.63, 3.8) is 0 Å². The van der Waals surface area contributed by atoms with Crippen LogP contribution in [0.2, 0.25) is 0 Å². The van der Waals surface area contributed by atoms with Gasteiger partial charge in [0.15, 0.2) is 16.4 Å². The number of rotatable bonds is 4. The third kappa shape index (κ3) is 3.33. The van der Waals surface area contributed by atoms with E-state index >= 15 is 0 Å². The fourth-order valence-electron chi connectivity index (χ4n) is 2.29. The molecule has 0 aliphatic carbocycles. The second-order valence-electron chi connectivity index (χ2n) is 4.78. The quantitative estimate of drug-likeness (QED) is 0.509. The molecule has 110 valence electrons. The first-order chi connectivity index (χ1) is 10.2. The molecule has 1 atom stereocenters. The number of para-hydroxylation sites is 1. The first-order valence-corrected chi connectivity index (χ1v) is 8.63. The molecule has 21 heavy (non-hydrogen) atoms. The van der Waals surface area contributed by atoms with E-state index < -0.39 is 0 Å². The second-order valence-corrected chi connectivity index (χ2v) is 6.74. The third-order valence-electron chi connectivity index (χ3n) is 3.26. The van der Waals surface area contributed by atoms with E-state index in [2.05, 4.69) is 76.3 Å². The summed E-state index contributed by atoms with van der Waals surface area (Å²) in [6.07, 6.45) is 12.0. The summed E-state index contributed by atoms with van der Waals surface area (Å²) in [5.41, 5.74) is 0. The van der Waals surface area contributed by atoms with E-state index in [4.69, 9.17) is 4.74 Å². The van der Waals surface area contributed by atoms with Gasteiger partial charge in [0.05, 0.1) is 0 Å². The van der Waals surface area contributed by atoms with E-state index in [-0.39, 0.29) is 10.9 Å². The predicted octanol–water partition coefficient (Wildman–Crippen LogP) is 5.73. The fraction of sp³-hybridized carbons (Fsp3) is 0.263. The van der Waals surface area contributed by atoms with Crippen LogP contribution in [0, 0.1) is 0 Å². The maximum absolute atomic E-state index is 6.01. The van der Waals surface area contributed by atoms with Crippen LogP contribution in [0.5, 0.6) is 5.75 Å². The summed E-state index contributed by atoms with van der Waals surface area (Å²) in [6.45, 7) is 8.39. The molecule has 0 aromatic heterocycles. The Morgan fingerprint density at radius 2 is 2.00 bits per heavy atom. The lowest BCUT2D eigenvalue weighted by Crippen LogP contribution is -2.16. The average molecular weight is 299 g/mol. The van der Waals surface area contributed by atoms with E-state index in [0.29, 0.717) is 0 Å². The normalized spacial score (nSPS) is 19.2. The number of ether oxygens (including phenoxy) is 1. The molecule has 0 bridgehead atoms. The number of allylic oxidation sites excluding steroid dienone is 6. The van der Waals surface area contributed by atoms with Crippen LogP contribution in [-0.2, 0) is 10.9 Å². The molecule has 0 spiro atoms. The highest BCUT2D eigenvalue weighted by Crippen LogP contribution is 2.42. The van der Waals surface area contributed by atoms with Crippen molar-refractivity contribution in [2.45, 2.75) is 39.0 Å². The van der Waals surface area contributed by atoms with Crippen LogP contribution in [0.1, 0.15) is 34.1 Å². The maximum Gasteiger partial charge on any atom is 0.209 e. The first kappa shape index (κ1) is 15.7. The molecule has 1 aliphatic heterocycles. The summed E-state index contributed by atoms with van der Waals surface area (Å²) >= 11 is 0. The zero-order valence-corrected chi connectivity index (χ0v) is 14.0. The molecule has 0 N–H and O–H groups in total. The molecule has 0 fully saturated rings. The van der Waals surface area contributed by atoms with Crippen molar-refractivity contribution in [1.29, 1.82) is 0 Å². The standard InChI is InChI=1S/C19H23OS/c1-5-8-12-16(7-3)21-18(11-6-2)15(4)20-17-13-9-10-14-19(17)21/h6-14H,5H2,1-4H3/q+1/b11-6-,12-8-,16-7+. The smallest absolute Gasteiger partial charge is 0.209 e. The largest absolute Gasteiger partial charge is 0.451 e. The zero-order valence-electron chi connectivity index (χ0n) is 13.2. The summed E-state index contributed by atoms with van der Waals surface area (Å²) in [5.74, 6) is 1.98. The van der Waals surface area contributed by atoms with Crippen LogP contribution >= 0.6 is 0 Å². The number of benzene rings is 1. The maximum atomic E-state index is 6.01. The molecule has 0 saturated carbocycles. The topological polar surface area (TPSA) is 9.23 Å². The van der Waals surface area contributed by atoms with Crippen molar-refractivity contribution in [3.8, 4) is 5.75 Å². The molecular weight excluding hydrogens is 276 g/mol. The van der Waals surface area contributed by atoms with Gasteiger partial charge in [-0.1, -0.05) is 31.2 Å². The molecule has 1 nitrogen and oxygen atoms in total. The molecule has 1 aliphatic rings. The number of hydrogen-bond donors (Lipinski definition) is 0. The molecule has 1 aromatic carbocycles. The molecule has 0 radical (unpaired) electrons. The summed E-state index contributed by atoms with van der Waals surface area (Å²) in [6, 6.07) is 8.36. The predicted molar refractivity (Wildman–Crippen MR) is 93.4 cm³/mol. The van der Waals surface area contributed by atoms with Gasteiger partial charge in [-0.2, -0.15) is 0 Å². The molecule has 1 heterocycles.